The molecule has 8 heteroatoms. The summed E-state index contributed by atoms with van der Waals surface area (Å²) in [6, 6.07) is 9.98. The van der Waals surface area contributed by atoms with Crippen LogP contribution in [0.5, 0.6) is 5.75 Å². The largest absolute Gasteiger partial charge is 0.497 e. The highest BCUT2D eigenvalue weighted by molar-refractivity contribution is 7.89. The molecule has 0 N–H and O–H groups in total. The Labute approximate surface area is 160 Å². The Hall–Kier alpha value is -1.90. The number of ether oxygens (including phenoxy) is 1. The van der Waals surface area contributed by atoms with Crippen LogP contribution in [0.3, 0.4) is 0 Å². The average molecular weight is 391 g/mol. The highest BCUT2D eigenvalue weighted by Crippen LogP contribution is 2.45. The summed E-state index contributed by atoms with van der Waals surface area (Å²) in [6.07, 6.45) is 0. The third kappa shape index (κ3) is 3.05. The molecule has 2 aliphatic heterocycles. The van der Waals surface area contributed by atoms with E-state index in [-0.39, 0.29) is 17.0 Å². The second kappa shape index (κ2) is 6.61. The van der Waals surface area contributed by atoms with E-state index in [2.05, 4.69) is 29.2 Å². The maximum atomic E-state index is 13.1. The third-order valence-corrected chi connectivity index (χ3v) is 7.77. The Morgan fingerprint density at radius 1 is 1.11 bits per heavy atom. The summed E-state index contributed by atoms with van der Waals surface area (Å²) in [5, 5.41) is 4.48. The molecule has 7 nitrogen and oxygen atoms in total. The molecule has 0 amide bonds. The van der Waals surface area contributed by atoms with Crippen LogP contribution in [0.1, 0.15) is 17.3 Å². The van der Waals surface area contributed by atoms with Gasteiger partial charge >= 0.3 is 0 Å². The van der Waals surface area contributed by atoms with E-state index in [0.29, 0.717) is 24.7 Å². The Morgan fingerprint density at radius 2 is 1.81 bits per heavy atom. The minimum Gasteiger partial charge on any atom is -0.497 e. The van der Waals surface area contributed by atoms with Gasteiger partial charge in [-0.25, -0.2) is 8.42 Å². The molecule has 2 saturated heterocycles. The minimum atomic E-state index is -3.53. The SMILES string of the molecule is COc1ccc([C@@H]2[C@@H]3CN(S(=O)(=O)c4cc(C)nn4C)C[C@@H]3CN2C)cc1. The van der Waals surface area contributed by atoms with Crippen LogP contribution in [0.2, 0.25) is 0 Å². The highest BCUT2D eigenvalue weighted by atomic mass is 32.2. The van der Waals surface area contributed by atoms with Crippen LogP contribution in [0, 0.1) is 18.8 Å². The van der Waals surface area contributed by atoms with E-state index < -0.39 is 10.0 Å². The van der Waals surface area contributed by atoms with Gasteiger partial charge in [0.1, 0.15) is 5.75 Å². The molecule has 1 aromatic heterocycles. The number of methoxy groups -OCH3 is 1. The zero-order valence-corrected chi connectivity index (χ0v) is 17.0. The lowest BCUT2D eigenvalue weighted by Gasteiger charge is -2.26. The predicted molar refractivity (Wildman–Crippen MR) is 102 cm³/mol. The normalized spacial score (nSPS) is 26.4. The predicted octanol–water partition coefficient (Wildman–Crippen LogP) is 1.66. The first-order valence-electron chi connectivity index (χ1n) is 9.16. The van der Waals surface area contributed by atoms with Crippen LogP contribution < -0.4 is 4.74 Å². The van der Waals surface area contributed by atoms with Gasteiger partial charge in [-0.2, -0.15) is 9.40 Å². The number of aryl methyl sites for hydroxylation is 2. The number of likely N-dealkylation sites (tertiary alicyclic amines) is 1. The van der Waals surface area contributed by atoms with E-state index in [0.717, 1.165) is 12.3 Å². The number of hydrogen-bond acceptors (Lipinski definition) is 5. The maximum Gasteiger partial charge on any atom is 0.260 e. The van der Waals surface area contributed by atoms with Crippen molar-refractivity contribution in [3.05, 3.63) is 41.6 Å². The molecule has 2 fully saturated rings. The lowest BCUT2D eigenvalue weighted by atomic mass is 9.89. The van der Waals surface area contributed by atoms with E-state index in [1.165, 1.54) is 10.2 Å². The fourth-order valence-corrected chi connectivity index (χ4v) is 6.39. The van der Waals surface area contributed by atoms with E-state index in [9.17, 15) is 8.42 Å². The molecule has 0 radical (unpaired) electrons. The summed E-state index contributed by atoms with van der Waals surface area (Å²) < 4.78 is 34.7. The number of aromatic nitrogens is 2. The third-order valence-electron chi connectivity index (χ3n) is 5.88. The molecule has 0 bridgehead atoms. The summed E-state index contributed by atoms with van der Waals surface area (Å²) in [5.41, 5.74) is 1.92. The standard InChI is InChI=1S/C19H26N4O3S/c1-13-9-18(22(3)20-13)27(24,25)23-11-15-10-21(2)19(17(15)12-23)14-5-7-16(26-4)8-6-14/h5-9,15,17,19H,10-12H2,1-4H3/t15-,17+,19+/m0/s1. The Morgan fingerprint density at radius 3 is 2.41 bits per heavy atom. The molecular formula is C19H26N4O3S. The molecular weight excluding hydrogens is 364 g/mol. The van der Waals surface area contributed by atoms with Crippen LogP contribution in [-0.4, -0.2) is 61.2 Å². The zero-order chi connectivity index (χ0) is 19.3. The maximum absolute atomic E-state index is 13.1. The lowest BCUT2D eigenvalue weighted by Crippen LogP contribution is -2.34. The van der Waals surface area contributed by atoms with Gasteiger partial charge in [0.2, 0.25) is 0 Å². The molecule has 0 spiro atoms. The van der Waals surface area contributed by atoms with Gasteiger partial charge in [0, 0.05) is 32.7 Å². The fourth-order valence-electron chi connectivity index (χ4n) is 4.68. The first-order chi connectivity index (χ1) is 12.8. The Kier molecular flexibility index (Phi) is 4.52. The minimum absolute atomic E-state index is 0.217. The number of rotatable bonds is 4. The molecule has 2 aromatic rings. The van der Waals surface area contributed by atoms with Gasteiger partial charge in [-0.15, -0.1) is 0 Å². The van der Waals surface area contributed by atoms with Gasteiger partial charge in [-0.05, 0) is 49.6 Å². The summed E-state index contributed by atoms with van der Waals surface area (Å²) >= 11 is 0. The van der Waals surface area contributed by atoms with Gasteiger partial charge in [-0.3, -0.25) is 9.58 Å². The summed E-state index contributed by atoms with van der Waals surface area (Å²) in [4.78, 5) is 2.34. The fraction of sp³-hybridized carbons (Fsp3) is 0.526. The second-order valence-corrected chi connectivity index (χ2v) is 9.54. The molecule has 0 saturated carbocycles. The van der Waals surface area contributed by atoms with Crippen molar-refractivity contribution in [1.82, 2.24) is 19.0 Å². The molecule has 3 atom stereocenters. The molecule has 1 aromatic carbocycles. The summed E-state index contributed by atoms with van der Waals surface area (Å²) in [6.45, 7) is 3.82. The van der Waals surface area contributed by atoms with Gasteiger partial charge in [-0.1, -0.05) is 12.1 Å². The number of fused-ring (bicyclic) bond motifs is 1. The summed E-state index contributed by atoms with van der Waals surface area (Å²) in [5.74, 6) is 1.46. The lowest BCUT2D eigenvalue weighted by molar-refractivity contribution is 0.260. The van der Waals surface area contributed by atoms with Gasteiger partial charge in [0.15, 0.2) is 5.03 Å². The summed E-state index contributed by atoms with van der Waals surface area (Å²) in [7, 11) is 1.94. The number of benzene rings is 1. The van der Waals surface area contributed by atoms with Crippen molar-refractivity contribution in [3.63, 3.8) is 0 Å². The monoisotopic (exact) mass is 390 g/mol. The Bertz CT molecular complexity index is 938. The molecule has 0 unspecified atom stereocenters. The number of nitrogens with zero attached hydrogens (tertiary/aromatic N) is 4. The molecule has 27 heavy (non-hydrogen) atoms. The first-order valence-corrected chi connectivity index (χ1v) is 10.6. The van der Waals surface area contributed by atoms with Gasteiger partial charge < -0.3 is 4.74 Å². The topological polar surface area (TPSA) is 67.7 Å². The second-order valence-electron chi connectivity index (χ2n) is 7.65. The smallest absolute Gasteiger partial charge is 0.260 e. The van der Waals surface area contributed by atoms with Gasteiger partial charge in [0.25, 0.3) is 10.0 Å². The Balaban J connectivity index is 1.60. The van der Waals surface area contributed by atoms with Crippen molar-refractivity contribution in [2.45, 2.75) is 18.0 Å². The van der Waals surface area contributed by atoms with Crippen molar-refractivity contribution < 1.29 is 13.2 Å². The van der Waals surface area contributed by atoms with Crippen molar-refractivity contribution in [1.29, 1.82) is 0 Å². The quantitative estimate of drug-likeness (QED) is 0.794. The molecule has 4 rings (SSSR count). The molecule has 0 aliphatic carbocycles. The average Bonchev–Trinajstić information content (AvgIpc) is 3.27. The van der Waals surface area contributed by atoms with E-state index in [4.69, 9.17) is 4.74 Å². The molecule has 146 valence electrons. The first kappa shape index (κ1) is 18.5. The molecule has 3 heterocycles. The van der Waals surface area contributed by atoms with Crippen molar-refractivity contribution in [3.8, 4) is 5.75 Å². The van der Waals surface area contributed by atoms with E-state index >= 15 is 0 Å². The van der Waals surface area contributed by atoms with Crippen LogP contribution in [0.25, 0.3) is 0 Å². The van der Waals surface area contributed by atoms with Crippen LogP contribution >= 0.6 is 0 Å². The number of hydrogen-bond donors (Lipinski definition) is 0. The number of sulfonamides is 1. The van der Waals surface area contributed by atoms with Crippen LogP contribution in [0.15, 0.2) is 35.4 Å². The zero-order valence-electron chi connectivity index (χ0n) is 16.2. The van der Waals surface area contributed by atoms with Crippen LogP contribution in [0.4, 0.5) is 0 Å². The van der Waals surface area contributed by atoms with Crippen molar-refractivity contribution in [2.24, 2.45) is 18.9 Å². The van der Waals surface area contributed by atoms with E-state index in [1.807, 2.05) is 19.1 Å². The van der Waals surface area contributed by atoms with Crippen molar-refractivity contribution in [2.75, 3.05) is 33.8 Å². The van der Waals surface area contributed by atoms with Gasteiger partial charge in [0.05, 0.1) is 12.8 Å². The van der Waals surface area contributed by atoms with E-state index in [1.54, 1.807) is 24.5 Å². The highest BCUT2D eigenvalue weighted by Gasteiger charge is 2.49. The van der Waals surface area contributed by atoms with Crippen molar-refractivity contribution >= 4 is 10.0 Å². The van der Waals surface area contributed by atoms with Crippen LogP contribution in [-0.2, 0) is 17.1 Å². The molecule has 2 aliphatic rings.